The van der Waals surface area contributed by atoms with E-state index in [4.69, 9.17) is 5.73 Å². The summed E-state index contributed by atoms with van der Waals surface area (Å²) in [6.45, 7) is 5.78. The molecule has 1 atom stereocenters. The molecule has 0 radical (unpaired) electrons. The van der Waals surface area contributed by atoms with E-state index < -0.39 is 0 Å². The second kappa shape index (κ2) is 4.94. The number of carbonyl (C=O) groups is 1. The van der Waals surface area contributed by atoms with Crippen molar-refractivity contribution in [2.75, 3.05) is 5.32 Å². The predicted molar refractivity (Wildman–Crippen MR) is 62.8 cm³/mol. The molecule has 0 spiro atoms. The Hall–Kier alpha value is -1.35. The average molecular weight is 206 g/mol. The van der Waals surface area contributed by atoms with Crippen molar-refractivity contribution in [3.05, 3.63) is 29.3 Å². The van der Waals surface area contributed by atoms with Gasteiger partial charge in [0.05, 0.1) is 0 Å². The van der Waals surface area contributed by atoms with Crippen molar-refractivity contribution in [1.29, 1.82) is 0 Å². The van der Waals surface area contributed by atoms with Gasteiger partial charge in [0, 0.05) is 18.2 Å². The second-order valence-electron chi connectivity index (χ2n) is 4.00. The van der Waals surface area contributed by atoms with Crippen molar-refractivity contribution < 1.29 is 4.79 Å². The molecule has 0 saturated heterocycles. The van der Waals surface area contributed by atoms with Crippen LogP contribution in [0.5, 0.6) is 0 Å². The summed E-state index contributed by atoms with van der Waals surface area (Å²) in [5.74, 6) is -0.0256. The topological polar surface area (TPSA) is 55.1 Å². The van der Waals surface area contributed by atoms with Crippen molar-refractivity contribution >= 4 is 11.6 Å². The third-order valence-electron chi connectivity index (χ3n) is 2.25. The number of rotatable bonds is 3. The third-order valence-corrected chi connectivity index (χ3v) is 2.25. The Kier molecular flexibility index (Phi) is 3.86. The lowest BCUT2D eigenvalue weighted by molar-refractivity contribution is -0.116. The highest BCUT2D eigenvalue weighted by molar-refractivity contribution is 5.92. The summed E-state index contributed by atoms with van der Waals surface area (Å²) in [6, 6.07) is 5.84. The molecule has 0 aliphatic carbocycles. The molecule has 3 nitrogen and oxygen atoms in total. The molecule has 3 heteroatoms. The van der Waals surface area contributed by atoms with Crippen LogP contribution in [-0.4, -0.2) is 11.9 Å². The van der Waals surface area contributed by atoms with Crippen molar-refractivity contribution in [3.8, 4) is 0 Å². The lowest BCUT2D eigenvalue weighted by Crippen LogP contribution is -2.24. The van der Waals surface area contributed by atoms with Crippen LogP contribution in [0.2, 0.25) is 0 Å². The van der Waals surface area contributed by atoms with Crippen LogP contribution in [0.15, 0.2) is 18.2 Å². The number of aryl methyl sites for hydroxylation is 2. The SMILES string of the molecule is Cc1cccc(C)c1NC(=O)C[C@H](C)N. The van der Waals surface area contributed by atoms with Gasteiger partial charge in [0.15, 0.2) is 0 Å². The van der Waals surface area contributed by atoms with E-state index in [0.29, 0.717) is 6.42 Å². The number of nitrogens with one attached hydrogen (secondary N) is 1. The molecule has 1 rings (SSSR count). The predicted octanol–water partition coefficient (Wildman–Crippen LogP) is 1.98. The molecule has 0 heterocycles. The first-order valence-electron chi connectivity index (χ1n) is 5.12. The van der Waals surface area contributed by atoms with E-state index in [9.17, 15) is 4.79 Å². The van der Waals surface area contributed by atoms with Crippen LogP contribution >= 0.6 is 0 Å². The Morgan fingerprint density at radius 2 is 1.93 bits per heavy atom. The first-order valence-corrected chi connectivity index (χ1v) is 5.12. The van der Waals surface area contributed by atoms with Gasteiger partial charge in [-0.1, -0.05) is 18.2 Å². The summed E-state index contributed by atoms with van der Waals surface area (Å²) in [7, 11) is 0. The van der Waals surface area contributed by atoms with Crippen molar-refractivity contribution in [3.63, 3.8) is 0 Å². The van der Waals surface area contributed by atoms with Crippen LogP contribution in [0.1, 0.15) is 24.5 Å². The van der Waals surface area contributed by atoms with E-state index in [1.807, 2.05) is 39.0 Å². The minimum absolute atomic E-state index is 0.0256. The summed E-state index contributed by atoms with van der Waals surface area (Å²) in [4.78, 5) is 11.5. The lowest BCUT2D eigenvalue weighted by atomic mass is 10.1. The summed E-state index contributed by atoms with van der Waals surface area (Å²) >= 11 is 0. The molecule has 15 heavy (non-hydrogen) atoms. The minimum Gasteiger partial charge on any atom is -0.327 e. The Morgan fingerprint density at radius 3 is 2.40 bits per heavy atom. The van der Waals surface area contributed by atoms with Crippen LogP contribution in [0.4, 0.5) is 5.69 Å². The minimum atomic E-state index is -0.102. The second-order valence-corrected chi connectivity index (χ2v) is 4.00. The zero-order valence-electron chi connectivity index (χ0n) is 9.50. The summed E-state index contributed by atoms with van der Waals surface area (Å²) in [5, 5.41) is 2.89. The third kappa shape index (κ3) is 3.36. The van der Waals surface area contributed by atoms with Crippen molar-refractivity contribution in [2.45, 2.75) is 33.2 Å². The molecule has 1 amide bonds. The number of amides is 1. The molecule has 0 fully saturated rings. The molecule has 0 aromatic heterocycles. The van der Waals surface area contributed by atoms with E-state index in [-0.39, 0.29) is 11.9 Å². The average Bonchev–Trinajstić information content (AvgIpc) is 2.10. The molecule has 0 saturated carbocycles. The lowest BCUT2D eigenvalue weighted by Gasteiger charge is -2.12. The molecule has 0 aliphatic heterocycles. The van der Waals surface area contributed by atoms with Gasteiger partial charge in [-0.15, -0.1) is 0 Å². The van der Waals surface area contributed by atoms with Crippen LogP contribution in [0, 0.1) is 13.8 Å². The van der Waals surface area contributed by atoms with Gasteiger partial charge < -0.3 is 11.1 Å². The number of benzene rings is 1. The number of para-hydroxylation sites is 1. The summed E-state index contributed by atoms with van der Waals surface area (Å²) in [5.41, 5.74) is 8.62. The number of nitrogens with two attached hydrogens (primary N) is 1. The normalized spacial score (nSPS) is 12.3. The highest BCUT2D eigenvalue weighted by Gasteiger charge is 2.08. The quantitative estimate of drug-likeness (QED) is 0.794. The molecule has 0 unspecified atom stereocenters. The highest BCUT2D eigenvalue weighted by atomic mass is 16.1. The van der Waals surface area contributed by atoms with E-state index in [1.54, 1.807) is 0 Å². The smallest absolute Gasteiger partial charge is 0.225 e. The zero-order chi connectivity index (χ0) is 11.4. The maximum Gasteiger partial charge on any atom is 0.225 e. The Labute approximate surface area is 90.7 Å². The van der Waals surface area contributed by atoms with Gasteiger partial charge >= 0.3 is 0 Å². The first-order chi connectivity index (χ1) is 7.00. The molecule has 0 aliphatic rings. The highest BCUT2D eigenvalue weighted by Crippen LogP contribution is 2.19. The van der Waals surface area contributed by atoms with Gasteiger partial charge in [0.2, 0.25) is 5.91 Å². The summed E-state index contributed by atoms with van der Waals surface area (Å²) in [6.07, 6.45) is 0.355. The molecule has 82 valence electrons. The van der Waals surface area contributed by atoms with Crippen molar-refractivity contribution in [2.24, 2.45) is 5.73 Å². The molecule has 0 bridgehead atoms. The number of carbonyl (C=O) groups excluding carboxylic acids is 1. The van der Waals surface area contributed by atoms with Crippen LogP contribution in [0.25, 0.3) is 0 Å². The number of hydrogen-bond donors (Lipinski definition) is 2. The Balaban J connectivity index is 2.76. The van der Waals surface area contributed by atoms with E-state index in [0.717, 1.165) is 16.8 Å². The molecule has 3 N–H and O–H groups in total. The van der Waals surface area contributed by atoms with E-state index >= 15 is 0 Å². The largest absolute Gasteiger partial charge is 0.327 e. The van der Waals surface area contributed by atoms with Crippen LogP contribution < -0.4 is 11.1 Å². The molecule has 1 aromatic rings. The van der Waals surface area contributed by atoms with Gasteiger partial charge in [0.1, 0.15) is 0 Å². The fourth-order valence-corrected chi connectivity index (χ4v) is 1.49. The van der Waals surface area contributed by atoms with Gasteiger partial charge in [-0.25, -0.2) is 0 Å². The van der Waals surface area contributed by atoms with E-state index in [1.165, 1.54) is 0 Å². The number of hydrogen-bond acceptors (Lipinski definition) is 2. The Bertz CT molecular complexity index is 338. The Morgan fingerprint density at radius 1 is 1.40 bits per heavy atom. The molecular formula is C12H18N2O. The fourth-order valence-electron chi connectivity index (χ4n) is 1.49. The van der Waals surface area contributed by atoms with Gasteiger partial charge in [0.25, 0.3) is 0 Å². The monoisotopic (exact) mass is 206 g/mol. The van der Waals surface area contributed by atoms with Crippen molar-refractivity contribution in [1.82, 2.24) is 0 Å². The first kappa shape index (κ1) is 11.7. The maximum atomic E-state index is 11.5. The van der Waals surface area contributed by atoms with Crippen LogP contribution in [0.3, 0.4) is 0 Å². The van der Waals surface area contributed by atoms with Gasteiger partial charge in [-0.2, -0.15) is 0 Å². The fraction of sp³-hybridized carbons (Fsp3) is 0.417. The van der Waals surface area contributed by atoms with E-state index in [2.05, 4.69) is 5.32 Å². The molecule has 1 aromatic carbocycles. The zero-order valence-corrected chi connectivity index (χ0v) is 9.50. The standard InChI is InChI=1S/C12H18N2O/c1-8-5-4-6-9(2)12(8)14-11(15)7-10(3)13/h4-6,10H,7,13H2,1-3H3,(H,14,15)/t10-/m0/s1. The van der Waals surface area contributed by atoms with Gasteiger partial charge in [-0.3, -0.25) is 4.79 Å². The van der Waals surface area contributed by atoms with Crippen LogP contribution in [-0.2, 0) is 4.79 Å². The number of anilines is 1. The maximum absolute atomic E-state index is 11.5. The summed E-state index contributed by atoms with van der Waals surface area (Å²) < 4.78 is 0. The molecular weight excluding hydrogens is 188 g/mol. The van der Waals surface area contributed by atoms with Gasteiger partial charge in [-0.05, 0) is 31.9 Å².